The Kier molecular flexibility index (Phi) is 8.83. The molecule has 2 N–H and O–H groups in total. The highest BCUT2D eigenvalue weighted by Gasteiger charge is 2.14. The van der Waals surface area contributed by atoms with Crippen LogP contribution in [0.15, 0.2) is 30.5 Å². The van der Waals surface area contributed by atoms with E-state index < -0.39 is 6.61 Å². The van der Waals surface area contributed by atoms with Gasteiger partial charge in [-0.25, -0.2) is 4.98 Å². The van der Waals surface area contributed by atoms with Gasteiger partial charge >= 0.3 is 6.61 Å². The number of benzene rings is 1. The molecule has 0 bridgehead atoms. The molecule has 0 aliphatic rings. The standard InChI is InChI=1S/C17H21ClF2N4O2S/c1-24(11-12-4-2-3-5-14(12)26-16(19)20)17-22-10-13(18)15(23-17)21-6-8-27-9-7-25/h2-5,10,16,25H,6-9,11H2,1H3,(H,21,22,23). The second-order valence-electron chi connectivity index (χ2n) is 5.47. The first-order valence-corrected chi connectivity index (χ1v) is 9.73. The Morgan fingerprint density at radius 3 is 2.85 bits per heavy atom. The molecule has 0 amide bonds. The lowest BCUT2D eigenvalue weighted by atomic mass is 10.2. The van der Waals surface area contributed by atoms with Crippen molar-refractivity contribution in [3.63, 3.8) is 0 Å². The van der Waals surface area contributed by atoms with Crippen molar-refractivity contribution in [2.24, 2.45) is 0 Å². The second-order valence-corrected chi connectivity index (χ2v) is 7.10. The Bertz CT molecular complexity index is 727. The van der Waals surface area contributed by atoms with E-state index in [1.54, 1.807) is 41.9 Å². The average molecular weight is 419 g/mol. The van der Waals surface area contributed by atoms with Gasteiger partial charge in [0, 0.05) is 37.2 Å². The number of hydrogen-bond acceptors (Lipinski definition) is 7. The maximum atomic E-state index is 12.6. The van der Waals surface area contributed by atoms with E-state index in [1.165, 1.54) is 12.3 Å². The number of para-hydroxylation sites is 1. The molecule has 0 saturated heterocycles. The third-order valence-corrected chi connectivity index (χ3v) is 4.68. The van der Waals surface area contributed by atoms with Gasteiger partial charge in [0.1, 0.15) is 10.8 Å². The summed E-state index contributed by atoms with van der Waals surface area (Å²) in [5.74, 6) is 2.48. The highest BCUT2D eigenvalue weighted by Crippen LogP contribution is 2.25. The predicted molar refractivity (Wildman–Crippen MR) is 105 cm³/mol. The minimum Gasteiger partial charge on any atom is -0.434 e. The van der Waals surface area contributed by atoms with Crippen molar-refractivity contribution in [1.82, 2.24) is 9.97 Å². The van der Waals surface area contributed by atoms with Crippen LogP contribution in [0, 0.1) is 0 Å². The number of thioether (sulfide) groups is 1. The Hall–Kier alpha value is -1.84. The summed E-state index contributed by atoms with van der Waals surface area (Å²) in [6, 6.07) is 6.59. The molecule has 0 atom stereocenters. The van der Waals surface area contributed by atoms with Gasteiger partial charge in [-0.15, -0.1) is 0 Å². The van der Waals surface area contributed by atoms with Crippen molar-refractivity contribution < 1.29 is 18.6 Å². The highest BCUT2D eigenvalue weighted by molar-refractivity contribution is 7.99. The Morgan fingerprint density at radius 2 is 2.11 bits per heavy atom. The van der Waals surface area contributed by atoms with Crippen LogP contribution in [0.25, 0.3) is 0 Å². The Balaban J connectivity index is 2.04. The molecule has 0 aliphatic heterocycles. The molecule has 2 rings (SSSR count). The van der Waals surface area contributed by atoms with Gasteiger partial charge in [-0.2, -0.15) is 25.5 Å². The normalized spacial score (nSPS) is 10.9. The van der Waals surface area contributed by atoms with Gasteiger partial charge in [0.2, 0.25) is 5.95 Å². The maximum absolute atomic E-state index is 12.6. The number of aliphatic hydroxyl groups excluding tert-OH is 1. The van der Waals surface area contributed by atoms with E-state index in [2.05, 4.69) is 20.0 Å². The first-order chi connectivity index (χ1) is 13.0. The minimum absolute atomic E-state index is 0.118. The van der Waals surface area contributed by atoms with Gasteiger partial charge in [0.05, 0.1) is 12.8 Å². The molecule has 0 fully saturated rings. The van der Waals surface area contributed by atoms with Crippen molar-refractivity contribution in [3.8, 4) is 5.75 Å². The molecule has 0 saturated carbocycles. The summed E-state index contributed by atoms with van der Waals surface area (Å²) in [5, 5.41) is 12.3. The van der Waals surface area contributed by atoms with Crippen LogP contribution in [-0.2, 0) is 6.54 Å². The fraction of sp³-hybridized carbons (Fsp3) is 0.412. The van der Waals surface area contributed by atoms with Crippen molar-refractivity contribution in [2.45, 2.75) is 13.2 Å². The van der Waals surface area contributed by atoms with Gasteiger partial charge in [0.15, 0.2) is 5.82 Å². The van der Waals surface area contributed by atoms with E-state index in [4.69, 9.17) is 16.7 Å². The summed E-state index contributed by atoms with van der Waals surface area (Å²) in [4.78, 5) is 10.3. The van der Waals surface area contributed by atoms with Crippen molar-refractivity contribution >= 4 is 35.1 Å². The molecule has 0 unspecified atom stereocenters. The lowest BCUT2D eigenvalue weighted by molar-refractivity contribution is -0.0504. The van der Waals surface area contributed by atoms with Crippen molar-refractivity contribution in [1.29, 1.82) is 0 Å². The number of anilines is 2. The number of ether oxygens (including phenoxy) is 1. The average Bonchev–Trinajstić information content (AvgIpc) is 2.64. The van der Waals surface area contributed by atoms with Crippen LogP contribution in [0.4, 0.5) is 20.5 Å². The number of aliphatic hydroxyl groups is 1. The topological polar surface area (TPSA) is 70.5 Å². The summed E-state index contributed by atoms with van der Waals surface area (Å²) in [6.45, 7) is -1.82. The van der Waals surface area contributed by atoms with Crippen LogP contribution in [0.2, 0.25) is 5.02 Å². The number of rotatable bonds is 11. The molecule has 10 heteroatoms. The summed E-state index contributed by atoms with van der Waals surface area (Å²) in [6.07, 6.45) is 1.49. The van der Waals surface area contributed by atoms with E-state index >= 15 is 0 Å². The Labute approximate surface area is 165 Å². The number of nitrogens with zero attached hydrogens (tertiary/aromatic N) is 3. The summed E-state index contributed by atoms with van der Waals surface area (Å²) in [7, 11) is 1.75. The summed E-state index contributed by atoms with van der Waals surface area (Å²) < 4.78 is 29.7. The molecular weight excluding hydrogens is 398 g/mol. The highest BCUT2D eigenvalue weighted by atomic mass is 35.5. The number of halogens is 3. The summed E-state index contributed by atoms with van der Waals surface area (Å²) in [5.41, 5.74) is 0.591. The lowest BCUT2D eigenvalue weighted by Gasteiger charge is -2.20. The molecule has 1 aromatic carbocycles. The molecular formula is C17H21ClF2N4O2S. The van der Waals surface area contributed by atoms with E-state index in [1.807, 2.05) is 0 Å². The molecule has 6 nitrogen and oxygen atoms in total. The van der Waals surface area contributed by atoms with Crippen LogP contribution < -0.4 is 15.0 Å². The van der Waals surface area contributed by atoms with Crippen LogP contribution >= 0.6 is 23.4 Å². The van der Waals surface area contributed by atoms with E-state index in [0.717, 1.165) is 5.75 Å². The quantitative estimate of drug-likeness (QED) is 0.541. The molecule has 0 radical (unpaired) electrons. The zero-order valence-electron chi connectivity index (χ0n) is 14.7. The predicted octanol–water partition coefficient (Wildman–Crippen LogP) is 3.51. The first-order valence-electron chi connectivity index (χ1n) is 8.20. The van der Waals surface area contributed by atoms with Crippen LogP contribution in [-0.4, -0.2) is 53.4 Å². The second kappa shape index (κ2) is 11.1. The van der Waals surface area contributed by atoms with Gasteiger partial charge in [0.25, 0.3) is 0 Å². The molecule has 148 valence electrons. The Morgan fingerprint density at radius 1 is 1.33 bits per heavy atom. The molecule has 2 aromatic rings. The third-order valence-electron chi connectivity index (χ3n) is 3.44. The van der Waals surface area contributed by atoms with E-state index in [0.29, 0.717) is 34.6 Å². The van der Waals surface area contributed by atoms with E-state index in [-0.39, 0.29) is 18.9 Å². The maximum Gasteiger partial charge on any atom is 0.387 e. The van der Waals surface area contributed by atoms with Crippen molar-refractivity contribution in [3.05, 3.63) is 41.0 Å². The van der Waals surface area contributed by atoms with Gasteiger partial charge < -0.3 is 20.1 Å². The van der Waals surface area contributed by atoms with E-state index in [9.17, 15) is 8.78 Å². The van der Waals surface area contributed by atoms with Gasteiger partial charge in [-0.1, -0.05) is 29.8 Å². The van der Waals surface area contributed by atoms with Crippen LogP contribution in [0.3, 0.4) is 0 Å². The SMILES string of the molecule is CN(Cc1ccccc1OC(F)F)c1ncc(Cl)c(NCCSCCO)n1. The van der Waals surface area contributed by atoms with Crippen LogP contribution in [0.1, 0.15) is 5.56 Å². The molecule has 0 spiro atoms. The number of aromatic nitrogens is 2. The molecule has 1 aromatic heterocycles. The molecule has 27 heavy (non-hydrogen) atoms. The smallest absolute Gasteiger partial charge is 0.387 e. The van der Waals surface area contributed by atoms with Gasteiger partial charge in [-0.05, 0) is 6.07 Å². The minimum atomic E-state index is -2.89. The fourth-order valence-corrected chi connectivity index (χ4v) is 2.98. The zero-order valence-corrected chi connectivity index (χ0v) is 16.3. The fourth-order valence-electron chi connectivity index (χ4n) is 2.25. The number of alkyl halides is 2. The molecule has 0 aliphatic carbocycles. The van der Waals surface area contributed by atoms with Gasteiger partial charge in [-0.3, -0.25) is 0 Å². The monoisotopic (exact) mass is 418 g/mol. The number of hydrogen-bond donors (Lipinski definition) is 2. The first kappa shape index (κ1) is 21.5. The molecule has 1 heterocycles. The third kappa shape index (κ3) is 7.00. The largest absolute Gasteiger partial charge is 0.434 e. The zero-order chi connectivity index (χ0) is 19.6. The lowest BCUT2D eigenvalue weighted by Crippen LogP contribution is -2.21. The van der Waals surface area contributed by atoms with Crippen molar-refractivity contribution in [2.75, 3.05) is 41.9 Å². The summed E-state index contributed by atoms with van der Waals surface area (Å²) >= 11 is 7.74. The van der Waals surface area contributed by atoms with Crippen LogP contribution in [0.5, 0.6) is 5.75 Å². The number of nitrogens with one attached hydrogen (secondary N) is 1.